The maximum absolute atomic E-state index is 12.9. The van der Waals surface area contributed by atoms with Gasteiger partial charge in [-0.2, -0.15) is 0 Å². The molecule has 0 rings (SSSR count). The lowest BCUT2D eigenvalue weighted by molar-refractivity contribution is -0.166. The van der Waals surface area contributed by atoms with E-state index in [1.807, 2.05) is 12.2 Å². The van der Waals surface area contributed by atoms with Crippen LogP contribution in [0.15, 0.2) is 72.9 Å². The first-order valence-corrected chi connectivity index (χ1v) is 35.4. The van der Waals surface area contributed by atoms with Gasteiger partial charge in [0.15, 0.2) is 6.10 Å². The Hall–Kier alpha value is -3.15. The van der Waals surface area contributed by atoms with Crippen molar-refractivity contribution in [3.63, 3.8) is 0 Å². The number of carbonyl (C=O) groups is 3. The fourth-order valence-electron chi connectivity index (χ4n) is 10.5. The number of esters is 3. The molecule has 0 aliphatic carbocycles. The fraction of sp³-hybridized carbons (Fsp3) is 0.800. The van der Waals surface area contributed by atoms with E-state index in [1.54, 1.807) is 0 Å². The highest BCUT2D eigenvalue weighted by atomic mass is 16.6. The molecule has 470 valence electrons. The number of carbonyl (C=O) groups excluding carboxylic acids is 3. The number of rotatable bonds is 65. The van der Waals surface area contributed by atoms with Gasteiger partial charge in [-0.1, -0.05) is 351 Å². The van der Waals surface area contributed by atoms with Crippen molar-refractivity contribution < 1.29 is 28.6 Å². The third-order valence-electron chi connectivity index (χ3n) is 15.7. The number of hydrogen-bond acceptors (Lipinski definition) is 6. The summed E-state index contributed by atoms with van der Waals surface area (Å²) in [7, 11) is 0. The normalized spacial score (nSPS) is 12.5. The molecule has 0 aliphatic heterocycles. The van der Waals surface area contributed by atoms with Crippen LogP contribution in [0.2, 0.25) is 0 Å². The first-order chi connectivity index (χ1) is 40.0. The van der Waals surface area contributed by atoms with Gasteiger partial charge in [0.25, 0.3) is 0 Å². The Morgan fingerprint density at radius 3 is 0.852 bits per heavy atom. The molecule has 6 nitrogen and oxygen atoms in total. The molecule has 0 aromatic carbocycles. The average Bonchev–Trinajstić information content (AvgIpc) is 3.47. The van der Waals surface area contributed by atoms with E-state index in [-0.39, 0.29) is 31.6 Å². The van der Waals surface area contributed by atoms with Gasteiger partial charge in [-0.05, 0) is 70.6 Å². The predicted octanol–water partition coefficient (Wildman–Crippen LogP) is 24.4. The van der Waals surface area contributed by atoms with Crippen molar-refractivity contribution in [3.05, 3.63) is 72.9 Å². The van der Waals surface area contributed by atoms with Crippen LogP contribution in [-0.2, 0) is 28.6 Å². The molecule has 0 aromatic heterocycles. The van der Waals surface area contributed by atoms with Crippen LogP contribution >= 0.6 is 0 Å². The zero-order chi connectivity index (χ0) is 58.5. The summed E-state index contributed by atoms with van der Waals surface area (Å²) < 4.78 is 16.9. The molecule has 0 spiro atoms. The molecular formula is C75H134O6. The van der Waals surface area contributed by atoms with Crippen LogP contribution in [0, 0.1) is 0 Å². The average molecular weight is 1130 g/mol. The van der Waals surface area contributed by atoms with E-state index < -0.39 is 12.1 Å². The molecule has 0 radical (unpaired) electrons. The molecule has 0 bridgehead atoms. The Balaban J connectivity index is 4.33. The predicted molar refractivity (Wildman–Crippen MR) is 353 cm³/mol. The van der Waals surface area contributed by atoms with Crippen molar-refractivity contribution in [2.45, 2.75) is 374 Å². The summed E-state index contributed by atoms with van der Waals surface area (Å²) in [6.45, 7) is 6.50. The van der Waals surface area contributed by atoms with E-state index >= 15 is 0 Å². The minimum absolute atomic E-state index is 0.102. The van der Waals surface area contributed by atoms with E-state index in [9.17, 15) is 14.4 Å². The van der Waals surface area contributed by atoms with Gasteiger partial charge in [0, 0.05) is 12.8 Å². The highest BCUT2D eigenvalue weighted by Gasteiger charge is 2.19. The Morgan fingerprint density at radius 2 is 0.531 bits per heavy atom. The molecule has 0 fully saturated rings. The van der Waals surface area contributed by atoms with Crippen molar-refractivity contribution in [1.82, 2.24) is 0 Å². The number of hydrogen-bond donors (Lipinski definition) is 0. The zero-order valence-electron chi connectivity index (χ0n) is 54.1. The summed E-state index contributed by atoms with van der Waals surface area (Å²) in [6.07, 6.45) is 91.1. The monoisotopic (exact) mass is 1130 g/mol. The summed E-state index contributed by atoms with van der Waals surface area (Å²) in [4.78, 5) is 38.4. The van der Waals surface area contributed by atoms with Gasteiger partial charge in [0.1, 0.15) is 13.2 Å². The molecule has 6 heteroatoms. The lowest BCUT2D eigenvalue weighted by Crippen LogP contribution is -2.30. The molecule has 1 unspecified atom stereocenters. The van der Waals surface area contributed by atoms with Crippen LogP contribution in [0.4, 0.5) is 0 Å². The van der Waals surface area contributed by atoms with Crippen molar-refractivity contribution in [1.29, 1.82) is 0 Å². The quantitative estimate of drug-likeness (QED) is 0.0261. The van der Waals surface area contributed by atoms with Gasteiger partial charge in [-0.25, -0.2) is 0 Å². The van der Waals surface area contributed by atoms with Gasteiger partial charge in [0.2, 0.25) is 0 Å². The van der Waals surface area contributed by atoms with Crippen LogP contribution in [0.3, 0.4) is 0 Å². The highest BCUT2D eigenvalue weighted by Crippen LogP contribution is 2.18. The van der Waals surface area contributed by atoms with E-state index in [4.69, 9.17) is 14.2 Å². The molecule has 81 heavy (non-hydrogen) atoms. The van der Waals surface area contributed by atoms with Gasteiger partial charge in [-0.3, -0.25) is 14.4 Å². The molecule has 0 heterocycles. The number of ether oxygens (including phenoxy) is 3. The van der Waals surface area contributed by atoms with E-state index in [0.29, 0.717) is 12.8 Å². The van der Waals surface area contributed by atoms with Crippen molar-refractivity contribution in [2.75, 3.05) is 13.2 Å². The molecule has 0 amide bonds. The minimum Gasteiger partial charge on any atom is -0.462 e. The molecule has 0 saturated heterocycles. The third-order valence-corrected chi connectivity index (χ3v) is 15.7. The second-order valence-electron chi connectivity index (χ2n) is 23.8. The summed E-state index contributed by atoms with van der Waals surface area (Å²) in [5.41, 5.74) is 0. The van der Waals surface area contributed by atoms with E-state index in [0.717, 1.165) is 70.6 Å². The zero-order valence-corrected chi connectivity index (χ0v) is 54.1. The van der Waals surface area contributed by atoms with Gasteiger partial charge >= 0.3 is 17.9 Å². The van der Waals surface area contributed by atoms with Crippen LogP contribution < -0.4 is 0 Å². The smallest absolute Gasteiger partial charge is 0.309 e. The topological polar surface area (TPSA) is 78.9 Å². The van der Waals surface area contributed by atoms with Gasteiger partial charge in [0.05, 0.1) is 6.42 Å². The molecule has 0 saturated carbocycles. The fourth-order valence-corrected chi connectivity index (χ4v) is 10.5. The van der Waals surface area contributed by atoms with Crippen LogP contribution in [0.25, 0.3) is 0 Å². The minimum atomic E-state index is -0.816. The molecular weight excluding hydrogens is 997 g/mol. The van der Waals surface area contributed by atoms with Crippen molar-refractivity contribution in [2.24, 2.45) is 0 Å². The van der Waals surface area contributed by atoms with Crippen LogP contribution in [-0.4, -0.2) is 37.2 Å². The standard InChI is InChI=1S/C75H134O6/c1-4-7-10-13-16-19-22-25-28-30-32-34-36-37-39-40-42-44-47-50-53-56-59-62-65-68-74(77)80-71-72(70-79-73(76)67-64-61-58-55-52-49-46-27-24-21-18-15-12-9-6-3)81-75(78)69-66-63-60-57-54-51-48-45-43-41-38-35-33-31-29-26-23-20-17-14-11-8-5-2/h9,12,18,21,27,31,33,46,52,55,61,64,72H,4-8,10-11,13-17,19-20,22-26,28-30,32,34-45,47-51,53-54,56-60,62-63,65-71H2,1-3H3/b12-9-,21-18-,33-31-,46-27-,55-52-,64-61-. The molecule has 0 N–H and O–H groups in total. The Labute approximate surface area is 503 Å². The maximum atomic E-state index is 12.9. The Morgan fingerprint density at radius 1 is 0.272 bits per heavy atom. The molecule has 0 aromatic rings. The maximum Gasteiger partial charge on any atom is 0.309 e. The first-order valence-electron chi connectivity index (χ1n) is 35.4. The summed E-state index contributed by atoms with van der Waals surface area (Å²) >= 11 is 0. The first kappa shape index (κ1) is 77.9. The lowest BCUT2D eigenvalue weighted by Gasteiger charge is -2.18. The molecule has 0 aliphatic rings. The van der Waals surface area contributed by atoms with Crippen molar-refractivity contribution >= 4 is 17.9 Å². The second kappa shape index (κ2) is 69.3. The lowest BCUT2D eigenvalue weighted by atomic mass is 10.0. The van der Waals surface area contributed by atoms with Gasteiger partial charge in [-0.15, -0.1) is 0 Å². The third kappa shape index (κ3) is 67.5. The van der Waals surface area contributed by atoms with Crippen LogP contribution in [0.5, 0.6) is 0 Å². The van der Waals surface area contributed by atoms with E-state index in [1.165, 1.54) is 257 Å². The SMILES string of the molecule is CC/C=C\C/C=C\C/C=C\C/C=C\C/C=C\CC(=O)OCC(COC(=O)CCCCCCCCCCCCCCCCCCCCCCCCCCC)OC(=O)CCCCCCCCCCCCC/C=C\CCCCCCCCCC. The van der Waals surface area contributed by atoms with Crippen molar-refractivity contribution in [3.8, 4) is 0 Å². The molecule has 1 atom stereocenters. The van der Waals surface area contributed by atoms with Crippen LogP contribution in [0.1, 0.15) is 367 Å². The van der Waals surface area contributed by atoms with E-state index in [2.05, 4.69) is 81.5 Å². The Bertz CT molecular complexity index is 1490. The number of allylic oxidation sites excluding steroid dienone is 11. The summed E-state index contributed by atoms with van der Waals surface area (Å²) in [6, 6.07) is 0. The Kier molecular flexibility index (Phi) is 66.6. The second-order valence-corrected chi connectivity index (χ2v) is 23.8. The summed E-state index contributed by atoms with van der Waals surface area (Å²) in [5, 5.41) is 0. The largest absolute Gasteiger partial charge is 0.462 e. The highest BCUT2D eigenvalue weighted by molar-refractivity contribution is 5.72. The number of unbranched alkanes of at least 4 members (excludes halogenated alkanes) is 43. The summed E-state index contributed by atoms with van der Waals surface area (Å²) in [5.74, 6) is -1.02. The van der Waals surface area contributed by atoms with Gasteiger partial charge < -0.3 is 14.2 Å².